The molecule has 49 heavy (non-hydrogen) atoms. The average molecular weight is 670 g/mol. The second-order valence-electron chi connectivity index (χ2n) is 20.6. The Balaban J connectivity index is 0.945. The first-order chi connectivity index (χ1) is 23.8. The van der Waals surface area contributed by atoms with Gasteiger partial charge in [0.1, 0.15) is 0 Å². The average Bonchev–Trinajstić information content (AvgIpc) is 3.68. The Labute approximate surface area is 297 Å². The summed E-state index contributed by atoms with van der Waals surface area (Å²) in [6.07, 6.45) is 23.2. The van der Waals surface area contributed by atoms with E-state index < -0.39 is 5.60 Å². The highest BCUT2D eigenvalue weighted by Crippen LogP contribution is 2.71. The summed E-state index contributed by atoms with van der Waals surface area (Å²) in [7, 11) is 0. The summed E-state index contributed by atoms with van der Waals surface area (Å²) in [6.45, 7) is 4.87. The molecule has 3 N–H and O–H groups in total. The maximum atomic E-state index is 13.8. The van der Waals surface area contributed by atoms with Crippen LogP contribution < -0.4 is 0 Å². The van der Waals surface area contributed by atoms with E-state index in [0.29, 0.717) is 52.9 Å². The lowest BCUT2D eigenvalue weighted by Gasteiger charge is -2.64. The van der Waals surface area contributed by atoms with Gasteiger partial charge in [-0.1, -0.05) is 50.1 Å². The van der Waals surface area contributed by atoms with Crippen molar-refractivity contribution < 1.29 is 15.3 Å². The molecule has 9 aliphatic rings. The van der Waals surface area contributed by atoms with Crippen molar-refractivity contribution in [3.63, 3.8) is 0 Å². The van der Waals surface area contributed by atoms with Crippen molar-refractivity contribution in [2.75, 3.05) is 13.1 Å². The van der Waals surface area contributed by atoms with Crippen molar-refractivity contribution in [2.45, 2.75) is 153 Å². The molecule has 10 rings (SSSR count). The third-order valence-electron chi connectivity index (χ3n) is 18.6. The first kappa shape index (κ1) is 32.7. The molecule has 0 amide bonds. The number of nitrogens with zero attached hydrogens (tertiary/aromatic N) is 1. The molecule has 7 saturated carbocycles. The second kappa shape index (κ2) is 12.0. The number of aliphatic hydroxyl groups is 3. The van der Waals surface area contributed by atoms with Crippen LogP contribution in [0.25, 0.3) is 0 Å². The van der Waals surface area contributed by atoms with E-state index >= 15 is 0 Å². The zero-order valence-corrected chi connectivity index (χ0v) is 30.6. The van der Waals surface area contributed by atoms with Gasteiger partial charge >= 0.3 is 0 Å². The van der Waals surface area contributed by atoms with Crippen LogP contribution in [0.3, 0.4) is 0 Å². The van der Waals surface area contributed by atoms with Gasteiger partial charge in [-0.15, -0.1) is 0 Å². The van der Waals surface area contributed by atoms with Gasteiger partial charge in [0.05, 0.1) is 17.8 Å². The van der Waals surface area contributed by atoms with Crippen molar-refractivity contribution in [1.82, 2.24) is 4.90 Å². The quantitative estimate of drug-likeness (QED) is 0.303. The molecule has 2 saturated heterocycles. The van der Waals surface area contributed by atoms with Crippen LogP contribution >= 0.6 is 0 Å². The molecule has 4 nitrogen and oxygen atoms in total. The SMILES string of the molecule is CC1CCC2N(C1)CC1C3CC4C(CC(O)C5CC(O)C6CCCC54C6)C3CCC1C2(O)C1CCCC2(CCC(Cc3ccccc3)C2)C1. The predicted molar refractivity (Wildman–Crippen MR) is 195 cm³/mol. The molecule has 2 spiro atoms. The van der Waals surface area contributed by atoms with E-state index in [0.717, 1.165) is 36.5 Å². The Kier molecular flexibility index (Phi) is 8.03. The molecule has 270 valence electrons. The molecule has 1 aromatic rings. The first-order valence-electron chi connectivity index (χ1n) is 21.6. The van der Waals surface area contributed by atoms with E-state index in [-0.39, 0.29) is 17.6 Å². The molecule has 0 radical (unpaired) electrons. The smallest absolute Gasteiger partial charge is 0.0861 e. The zero-order valence-electron chi connectivity index (χ0n) is 30.6. The summed E-state index contributed by atoms with van der Waals surface area (Å²) >= 11 is 0. The molecule has 17 unspecified atom stereocenters. The number of aliphatic hydroxyl groups excluding tert-OH is 2. The van der Waals surface area contributed by atoms with Gasteiger partial charge in [-0.25, -0.2) is 0 Å². The number of hydrogen-bond donors (Lipinski definition) is 3. The molecule has 17 atom stereocenters. The van der Waals surface area contributed by atoms with Crippen molar-refractivity contribution >= 4 is 0 Å². The van der Waals surface area contributed by atoms with Crippen LogP contribution in [-0.2, 0) is 6.42 Å². The topological polar surface area (TPSA) is 63.9 Å². The van der Waals surface area contributed by atoms with Crippen LogP contribution in [0.15, 0.2) is 30.3 Å². The van der Waals surface area contributed by atoms with Gasteiger partial charge in [-0.2, -0.15) is 0 Å². The van der Waals surface area contributed by atoms with Crippen LogP contribution in [0.5, 0.6) is 0 Å². The fourth-order valence-electron chi connectivity index (χ4n) is 17.0. The molecule has 7 aliphatic carbocycles. The fraction of sp³-hybridized carbons (Fsp3) is 0.867. The summed E-state index contributed by atoms with van der Waals surface area (Å²) in [6, 6.07) is 11.6. The normalized spacial score (nSPS) is 55.2. The maximum Gasteiger partial charge on any atom is 0.0861 e. The van der Waals surface area contributed by atoms with Crippen molar-refractivity contribution in [1.29, 1.82) is 0 Å². The lowest BCUT2D eigenvalue weighted by Crippen LogP contribution is -2.71. The van der Waals surface area contributed by atoms with Crippen molar-refractivity contribution in [3.05, 3.63) is 35.9 Å². The minimum absolute atomic E-state index is 0.198. The summed E-state index contributed by atoms with van der Waals surface area (Å²) < 4.78 is 0. The first-order valence-corrected chi connectivity index (χ1v) is 21.6. The minimum atomic E-state index is -0.544. The van der Waals surface area contributed by atoms with Crippen LogP contribution in [0, 0.1) is 75.9 Å². The summed E-state index contributed by atoms with van der Waals surface area (Å²) in [5, 5.41) is 36.7. The van der Waals surface area contributed by atoms with Gasteiger partial charge in [0, 0.05) is 19.1 Å². The Bertz CT molecular complexity index is 1370. The van der Waals surface area contributed by atoms with E-state index in [1.165, 1.54) is 128 Å². The minimum Gasteiger partial charge on any atom is -0.393 e. The Morgan fingerprint density at radius 3 is 2.43 bits per heavy atom. The number of rotatable bonds is 3. The van der Waals surface area contributed by atoms with E-state index in [2.05, 4.69) is 42.2 Å². The van der Waals surface area contributed by atoms with Crippen LogP contribution in [0.4, 0.5) is 0 Å². The highest BCUT2D eigenvalue weighted by atomic mass is 16.3. The third-order valence-corrected chi connectivity index (χ3v) is 18.6. The molecule has 4 heteroatoms. The lowest BCUT2D eigenvalue weighted by molar-refractivity contribution is -0.221. The Hall–Kier alpha value is -0.940. The summed E-state index contributed by atoms with van der Waals surface area (Å²) in [5.41, 5.74) is 1.68. The van der Waals surface area contributed by atoms with E-state index in [1.807, 2.05) is 0 Å². The molecule has 9 fully saturated rings. The van der Waals surface area contributed by atoms with Gasteiger partial charge in [0.2, 0.25) is 0 Å². The molecule has 0 aromatic heterocycles. The van der Waals surface area contributed by atoms with Crippen molar-refractivity contribution in [3.8, 4) is 0 Å². The Morgan fingerprint density at radius 1 is 0.694 bits per heavy atom. The lowest BCUT2D eigenvalue weighted by atomic mass is 9.45. The second-order valence-corrected chi connectivity index (χ2v) is 20.6. The largest absolute Gasteiger partial charge is 0.393 e. The molecular formula is C45H67NO3. The summed E-state index contributed by atoms with van der Waals surface area (Å²) in [4.78, 5) is 2.87. The molecular weight excluding hydrogens is 602 g/mol. The molecule has 2 bridgehead atoms. The summed E-state index contributed by atoms with van der Waals surface area (Å²) in [5.74, 6) is 6.67. The molecule has 1 aromatic carbocycles. The van der Waals surface area contributed by atoms with Crippen LogP contribution in [-0.4, -0.2) is 57.2 Å². The van der Waals surface area contributed by atoms with Gasteiger partial charge in [0.15, 0.2) is 0 Å². The zero-order chi connectivity index (χ0) is 33.1. The standard InChI is InChI=1S/C45H67NO3/c1-28-11-14-42-45(49,32-10-6-16-43(25-32)18-15-30(23-43)19-29-7-3-2-4-8-29)37-13-12-33-34(36(37)27-46(42)26-28)20-38-35(33)21-41(48)39-22-40(47)31-9-5-17-44(38,39)24-31/h2-4,7-8,28,30-42,47-49H,5-6,9-27H2,1H3. The van der Waals surface area contributed by atoms with Gasteiger partial charge < -0.3 is 15.3 Å². The number of fused-ring (bicyclic) bond motifs is 7. The van der Waals surface area contributed by atoms with Crippen molar-refractivity contribution in [2.24, 2.45) is 75.9 Å². The van der Waals surface area contributed by atoms with E-state index in [4.69, 9.17) is 0 Å². The Morgan fingerprint density at radius 2 is 1.55 bits per heavy atom. The molecule has 2 heterocycles. The third kappa shape index (κ3) is 5.01. The maximum absolute atomic E-state index is 13.8. The van der Waals surface area contributed by atoms with Gasteiger partial charge in [-0.3, -0.25) is 4.90 Å². The number of hydrogen-bond acceptors (Lipinski definition) is 4. The monoisotopic (exact) mass is 670 g/mol. The van der Waals surface area contributed by atoms with E-state index in [1.54, 1.807) is 0 Å². The van der Waals surface area contributed by atoms with Crippen LogP contribution in [0.2, 0.25) is 0 Å². The van der Waals surface area contributed by atoms with Gasteiger partial charge in [-0.05, 0) is 191 Å². The highest BCUT2D eigenvalue weighted by Gasteiger charge is 2.68. The number of piperidine rings is 2. The van der Waals surface area contributed by atoms with Crippen LogP contribution in [0.1, 0.15) is 128 Å². The van der Waals surface area contributed by atoms with E-state index in [9.17, 15) is 15.3 Å². The fourth-order valence-corrected chi connectivity index (χ4v) is 17.0. The molecule has 2 aliphatic heterocycles. The predicted octanol–water partition coefficient (Wildman–Crippen LogP) is 8.27. The number of benzene rings is 1. The van der Waals surface area contributed by atoms with Gasteiger partial charge in [0.25, 0.3) is 0 Å². The highest BCUT2D eigenvalue weighted by molar-refractivity contribution is 5.19.